The van der Waals surface area contributed by atoms with Crippen LogP contribution in [0.15, 0.2) is 42.5 Å². The van der Waals surface area contributed by atoms with E-state index in [0.29, 0.717) is 5.56 Å². The van der Waals surface area contributed by atoms with Crippen LogP contribution >= 0.6 is 0 Å². The molecule has 0 aliphatic heterocycles. The number of hydrogen-bond acceptors (Lipinski definition) is 4. The van der Waals surface area contributed by atoms with Gasteiger partial charge in [-0.2, -0.15) is 0 Å². The second kappa shape index (κ2) is 8.05. The molecule has 25 heavy (non-hydrogen) atoms. The Hall–Kier alpha value is -3.22. The molecule has 0 fully saturated rings. The maximum Gasteiger partial charge on any atom is 0.337 e. The molecule has 0 aromatic heterocycles. The van der Waals surface area contributed by atoms with E-state index in [1.807, 2.05) is 12.1 Å². The first-order chi connectivity index (χ1) is 11.9. The quantitative estimate of drug-likeness (QED) is 0.586. The highest BCUT2D eigenvalue weighted by atomic mass is 16.6. The van der Waals surface area contributed by atoms with Gasteiger partial charge in [-0.25, -0.2) is 4.79 Å². The number of benzene rings is 2. The van der Waals surface area contributed by atoms with E-state index in [1.54, 1.807) is 12.1 Å². The lowest BCUT2D eigenvalue weighted by Crippen LogP contribution is -2.15. The van der Waals surface area contributed by atoms with Gasteiger partial charge in [0.25, 0.3) is 11.6 Å². The van der Waals surface area contributed by atoms with Crippen molar-refractivity contribution in [2.24, 2.45) is 0 Å². The van der Waals surface area contributed by atoms with Gasteiger partial charge in [-0.05, 0) is 36.6 Å². The van der Waals surface area contributed by atoms with Crippen LogP contribution in [-0.4, -0.2) is 21.9 Å². The minimum absolute atomic E-state index is 0.109. The largest absolute Gasteiger partial charge is 0.478 e. The van der Waals surface area contributed by atoms with Gasteiger partial charge in [-0.3, -0.25) is 14.9 Å². The third-order valence-corrected chi connectivity index (χ3v) is 3.73. The Kier molecular flexibility index (Phi) is 5.84. The molecule has 1 amide bonds. The molecule has 0 spiro atoms. The molecule has 0 saturated carbocycles. The second-order valence-electron chi connectivity index (χ2n) is 5.55. The molecule has 0 heterocycles. The summed E-state index contributed by atoms with van der Waals surface area (Å²) in [4.78, 5) is 33.8. The van der Waals surface area contributed by atoms with Crippen molar-refractivity contribution >= 4 is 23.3 Å². The fraction of sp³-hybridized carbons (Fsp3) is 0.222. The fourth-order valence-electron chi connectivity index (χ4n) is 2.33. The number of aromatic carboxylic acids is 1. The van der Waals surface area contributed by atoms with Crippen molar-refractivity contribution in [1.29, 1.82) is 0 Å². The summed E-state index contributed by atoms with van der Waals surface area (Å²) in [6.45, 7) is 2.10. The Balaban J connectivity index is 2.23. The summed E-state index contributed by atoms with van der Waals surface area (Å²) in [7, 11) is 0. The Morgan fingerprint density at radius 2 is 1.84 bits per heavy atom. The van der Waals surface area contributed by atoms with Gasteiger partial charge in [0.05, 0.1) is 16.2 Å². The number of amides is 1. The van der Waals surface area contributed by atoms with Crippen LogP contribution in [0, 0.1) is 10.1 Å². The van der Waals surface area contributed by atoms with Crippen LogP contribution in [0.5, 0.6) is 0 Å². The summed E-state index contributed by atoms with van der Waals surface area (Å²) in [5.74, 6) is -1.80. The third kappa shape index (κ3) is 4.63. The number of nitrogens with zero attached hydrogens (tertiary/aromatic N) is 1. The number of unbranched alkanes of at least 4 members (excludes halogenated alkanes) is 1. The lowest BCUT2D eigenvalue weighted by Gasteiger charge is -2.09. The second-order valence-corrected chi connectivity index (χ2v) is 5.55. The number of anilines is 1. The molecule has 0 radical (unpaired) electrons. The average molecular weight is 342 g/mol. The zero-order valence-corrected chi connectivity index (χ0v) is 13.7. The number of carbonyl (C=O) groups excluding carboxylic acids is 1. The molecule has 0 bridgehead atoms. The van der Waals surface area contributed by atoms with Crippen molar-refractivity contribution in [1.82, 2.24) is 0 Å². The summed E-state index contributed by atoms with van der Waals surface area (Å²) in [5, 5.41) is 22.5. The predicted octanol–water partition coefficient (Wildman–Crippen LogP) is 3.89. The van der Waals surface area contributed by atoms with Crippen LogP contribution in [0.4, 0.5) is 11.4 Å². The first kappa shape index (κ1) is 18.1. The monoisotopic (exact) mass is 342 g/mol. The highest BCUT2D eigenvalue weighted by Gasteiger charge is 2.17. The molecule has 2 N–H and O–H groups in total. The Labute approximate surface area is 144 Å². The molecule has 0 atom stereocenters. The number of carboxylic acids is 1. The highest BCUT2D eigenvalue weighted by molar-refractivity contribution is 6.08. The topological polar surface area (TPSA) is 110 Å². The van der Waals surface area contributed by atoms with Gasteiger partial charge in [-0.1, -0.05) is 25.5 Å². The molecule has 0 unspecified atom stereocenters. The molecule has 0 aliphatic carbocycles. The van der Waals surface area contributed by atoms with E-state index >= 15 is 0 Å². The summed E-state index contributed by atoms with van der Waals surface area (Å²) in [5.41, 5.74) is 0.846. The zero-order chi connectivity index (χ0) is 18.4. The summed E-state index contributed by atoms with van der Waals surface area (Å²) >= 11 is 0. The van der Waals surface area contributed by atoms with Crippen LogP contribution in [0.3, 0.4) is 0 Å². The molecule has 0 saturated heterocycles. The molecule has 130 valence electrons. The SMILES string of the molecule is CCCCc1ccc(C(=O)Nc2cc([N+](=O)[O-])ccc2C(=O)O)cc1. The predicted molar refractivity (Wildman–Crippen MR) is 93.1 cm³/mol. The number of nitro groups is 1. The van der Waals surface area contributed by atoms with Crippen LogP contribution in [0.25, 0.3) is 0 Å². The highest BCUT2D eigenvalue weighted by Crippen LogP contribution is 2.23. The Bertz CT molecular complexity index is 800. The molecule has 2 aromatic carbocycles. The normalized spacial score (nSPS) is 10.3. The number of nitrogens with one attached hydrogen (secondary N) is 1. The first-order valence-electron chi connectivity index (χ1n) is 7.84. The van der Waals surface area contributed by atoms with E-state index in [0.717, 1.165) is 43.0 Å². The van der Waals surface area contributed by atoms with E-state index in [2.05, 4.69) is 12.2 Å². The average Bonchev–Trinajstić information content (AvgIpc) is 2.60. The maximum atomic E-state index is 12.3. The lowest BCUT2D eigenvalue weighted by atomic mass is 10.1. The van der Waals surface area contributed by atoms with E-state index in [4.69, 9.17) is 0 Å². The van der Waals surface area contributed by atoms with Gasteiger partial charge in [-0.15, -0.1) is 0 Å². The van der Waals surface area contributed by atoms with E-state index in [9.17, 15) is 24.8 Å². The van der Waals surface area contributed by atoms with Crippen molar-refractivity contribution in [2.45, 2.75) is 26.2 Å². The summed E-state index contributed by atoms with van der Waals surface area (Å²) in [6.07, 6.45) is 3.06. The van der Waals surface area contributed by atoms with Crippen LogP contribution in [0.2, 0.25) is 0 Å². The number of carbonyl (C=O) groups is 2. The van der Waals surface area contributed by atoms with E-state index < -0.39 is 16.8 Å². The van der Waals surface area contributed by atoms with E-state index in [1.165, 1.54) is 0 Å². The zero-order valence-electron chi connectivity index (χ0n) is 13.7. The van der Waals surface area contributed by atoms with Crippen molar-refractivity contribution in [3.05, 3.63) is 69.3 Å². The van der Waals surface area contributed by atoms with Crippen molar-refractivity contribution in [3.8, 4) is 0 Å². The van der Waals surface area contributed by atoms with Crippen LogP contribution < -0.4 is 5.32 Å². The van der Waals surface area contributed by atoms with Gasteiger partial charge in [0.2, 0.25) is 0 Å². The number of rotatable bonds is 7. The van der Waals surface area contributed by atoms with Crippen LogP contribution in [-0.2, 0) is 6.42 Å². The number of aryl methyl sites for hydroxylation is 1. The minimum atomic E-state index is -1.28. The lowest BCUT2D eigenvalue weighted by molar-refractivity contribution is -0.384. The third-order valence-electron chi connectivity index (χ3n) is 3.73. The maximum absolute atomic E-state index is 12.3. The van der Waals surface area contributed by atoms with Crippen molar-refractivity contribution in [3.63, 3.8) is 0 Å². The van der Waals surface area contributed by atoms with Gasteiger partial charge in [0, 0.05) is 17.7 Å². The molecule has 2 aromatic rings. The van der Waals surface area contributed by atoms with Gasteiger partial charge in [0.1, 0.15) is 0 Å². The van der Waals surface area contributed by atoms with Gasteiger partial charge < -0.3 is 10.4 Å². The molecule has 7 heteroatoms. The number of nitro benzene ring substituents is 1. The molecule has 2 rings (SSSR count). The number of carboxylic acid groups (broad SMARTS) is 1. The van der Waals surface area contributed by atoms with Gasteiger partial charge in [0.15, 0.2) is 0 Å². The Morgan fingerprint density at radius 3 is 2.40 bits per heavy atom. The standard InChI is InChI=1S/C18H18N2O5/c1-2-3-4-12-5-7-13(8-6-12)17(21)19-16-11-14(20(24)25)9-10-15(16)18(22)23/h5-11H,2-4H2,1H3,(H,19,21)(H,22,23). The Morgan fingerprint density at radius 1 is 1.16 bits per heavy atom. The first-order valence-corrected chi connectivity index (χ1v) is 7.84. The molecular formula is C18H18N2O5. The molecular weight excluding hydrogens is 324 g/mol. The van der Waals surface area contributed by atoms with Crippen molar-refractivity contribution in [2.75, 3.05) is 5.32 Å². The fourth-order valence-corrected chi connectivity index (χ4v) is 2.33. The van der Waals surface area contributed by atoms with Crippen molar-refractivity contribution < 1.29 is 19.6 Å². The van der Waals surface area contributed by atoms with E-state index in [-0.39, 0.29) is 16.9 Å². The van der Waals surface area contributed by atoms with Gasteiger partial charge >= 0.3 is 5.97 Å². The smallest absolute Gasteiger partial charge is 0.337 e. The number of non-ortho nitro benzene ring substituents is 1. The molecule has 7 nitrogen and oxygen atoms in total. The van der Waals surface area contributed by atoms with Crippen LogP contribution in [0.1, 0.15) is 46.0 Å². The molecule has 0 aliphatic rings. The summed E-state index contributed by atoms with van der Waals surface area (Å²) in [6, 6.07) is 10.2. The minimum Gasteiger partial charge on any atom is -0.478 e. The number of hydrogen-bond donors (Lipinski definition) is 2. The summed E-state index contributed by atoms with van der Waals surface area (Å²) < 4.78 is 0.